The third-order valence-corrected chi connectivity index (χ3v) is 6.64. The first kappa shape index (κ1) is 22.7. The van der Waals surface area contributed by atoms with Crippen LogP contribution in [-0.4, -0.2) is 48.3 Å². The Hall–Kier alpha value is -3.07. The molecule has 1 fully saturated rings. The number of amides is 1. The SMILES string of the molecule is Cc1cc(Nc2ncc3c(n2)OCN(c2c(Cl)cccc2Cl)C3=O)ccc1N1CCNC[C@@H]1C. The number of aromatic nitrogens is 2. The van der Waals surface area contributed by atoms with Crippen LogP contribution in [-0.2, 0) is 0 Å². The molecular formula is C24H24Cl2N6O2. The summed E-state index contributed by atoms with van der Waals surface area (Å²) in [6.07, 6.45) is 1.45. The van der Waals surface area contributed by atoms with E-state index in [9.17, 15) is 4.79 Å². The van der Waals surface area contributed by atoms with Crippen LogP contribution in [0.5, 0.6) is 5.88 Å². The Labute approximate surface area is 207 Å². The number of benzene rings is 2. The molecule has 1 saturated heterocycles. The van der Waals surface area contributed by atoms with Crippen molar-refractivity contribution in [1.29, 1.82) is 0 Å². The lowest BCUT2D eigenvalue weighted by atomic mass is 10.1. The van der Waals surface area contributed by atoms with Gasteiger partial charge in [0.1, 0.15) is 5.56 Å². The Morgan fingerprint density at radius 1 is 1.21 bits per heavy atom. The predicted molar refractivity (Wildman–Crippen MR) is 135 cm³/mol. The van der Waals surface area contributed by atoms with E-state index in [1.807, 2.05) is 6.07 Å². The number of hydrogen-bond acceptors (Lipinski definition) is 7. The highest BCUT2D eigenvalue weighted by Gasteiger charge is 2.31. The fourth-order valence-corrected chi connectivity index (χ4v) is 4.91. The molecule has 2 aromatic carbocycles. The van der Waals surface area contributed by atoms with Gasteiger partial charge in [-0.15, -0.1) is 0 Å². The summed E-state index contributed by atoms with van der Waals surface area (Å²) in [5.74, 6) is 0.233. The number of halogens is 2. The number of piperazine rings is 1. The average molecular weight is 499 g/mol. The molecule has 0 unspecified atom stereocenters. The van der Waals surface area contributed by atoms with Crippen LogP contribution in [0.25, 0.3) is 0 Å². The second-order valence-corrected chi connectivity index (χ2v) is 9.18. The number of nitrogens with zero attached hydrogens (tertiary/aromatic N) is 4. The van der Waals surface area contributed by atoms with E-state index in [1.54, 1.807) is 18.2 Å². The van der Waals surface area contributed by atoms with E-state index in [0.717, 1.165) is 30.9 Å². The first-order valence-corrected chi connectivity index (χ1v) is 11.8. The molecule has 0 aliphatic carbocycles. The lowest BCUT2D eigenvalue weighted by Crippen LogP contribution is -2.50. The number of fused-ring (bicyclic) bond motifs is 1. The molecule has 1 aromatic heterocycles. The summed E-state index contributed by atoms with van der Waals surface area (Å²) in [6.45, 7) is 7.19. The van der Waals surface area contributed by atoms with Gasteiger partial charge >= 0.3 is 0 Å². The Kier molecular flexibility index (Phi) is 6.20. The van der Waals surface area contributed by atoms with Crippen LogP contribution >= 0.6 is 23.2 Å². The van der Waals surface area contributed by atoms with Crippen molar-refractivity contribution in [2.45, 2.75) is 19.9 Å². The van der Waals surface area contributed by atoms with Gasteiger partial charge in [0.25, 0.3) is 5.91 Å². The number of nitrogens with one attached hydrogen (secondary N) is 2. The van der Waals surface area contributed by atoms with Crippen LogP contribution < -0.4 is 25.2 Å². The van der Waals surface area contributed by atoms with Gasteiger partial charge in [0.2, 0.25) is 11.8 Å². The second-order valence-electron chi connectivity index (χ2n) is 8.36. The molecule has 1 atom stereocenters. The van der Waals surface area contributed by atoms with E-state index in [1.165, 1.54) is 16.8 Å². The Balaban J connectivity index is 1.35. The molecule has 3 heterocycles. The van der Waals surface area contributed by atoms with Crippen molar-refractivity contribution < 1.29 is 9.53 Å². The summed E-state index contributed by atoms with van der Waals surface area (Å²) in [7, 11) is 0. The third-order valence-electron chi connectivity index (χ3n) is 6.03. The summed E-state index contributed by atoms with van der Waals surface area (Å²) in [5, 5.41) is 7.36. The number of anilines is 4. The summed E-state index contributed by atoms with van der Waals surface area (Å²) < 4.78 is 5.77. The maximum absolute atomic E-state index is 13.1. The smallest absolute Gasteiger partial charge is 0.268 e. The van der Waals surface area contributed by atoms with Gasteiger partial charge in [-0.2, -0.15) is 4.98 Å². The van der Waals surface area contributed by atoms with Gasteiger partial charge in [-0.3, -0.25) is 9.69 Å². The third kappa shape index (κ3) is 4.24. The van der Waals surface area contributed by atoms with Crippen LogP contribution in [0.2, 0.25) is 10.0 Å². The van der Waals surface area contributed by atoms with E-state index >= 15 is 0 Å². The molecule has 0 radical (unpaired) electrons. The minimum atomic E-state index is -0.326. The fourth-order valence-electron chi connectivity index (χ4n) is 4.31. The summed E-state index contributed by atoms with van der Waals surface area (Å²) in [5.41, 5.74) is 3.88. The predicted octanol–water partition coefficient (Wildman–Crippen LogP) is 4.63. The van der Waals surface area contributed by atoms with Gasteiger partial charge in [-0.25, -0.2) is 4.98 Å². The molecule has 34 heavy (non-hydrogen) atoms. The molecule has 0 spiro atoms. The van der Waals surface area contributed by atoms with Crippen LogP contribution in [0.3, 0.4) is 0 Å². The van der Waals surface area contributed by atoms with Crippen LogP contribution in [0.4, 0.5) is 23.0 Å². The molecule has 2 aliphatic rings. The molecule has 1 amide bonds. The molecular weight excluding hydrogens is 475 g/mol. The van der Waals surface area contributed by atoms with Crippen molar-refractivity contribution in [3.05, 3.63) is 63.8 Å². The van der Waals surface area contributed by atoms with Gasteiger partial charge < -0.3 is 20.3 Å². The van der Waals surface area contributed by atoms with Crippen LogP contribution in [0.15, 0.2) is 42.6 Å². The Morgan fingerprint density at radius 2 is 2.00 bits per heavy atom. The molecule has 2 aliphatic heterocycles. The molecule has 0 saturated carbocycles. The maximum Gasteiger partial charge on any atom is 0.268 e. The van der Waals surface area contributed by atoms with E-state index < -0.39 is 0 Å². The maximum atomic E-state index is 13.1. The van der Waals surface area contributed by atoms with E-state index in [2.05, 4.69) is 51.5 Å². The molecule has 10 heteroatoms. The highest BCUT2D eigenvalue weighted by molar-refractivity contribution is 6.40. The molecule has 176 valence electrons. The average Bonchev–Trinajstić information content (AvgIpc) is 2.81. The molecule has 5 rings (SSSR count). The molecule has 0 bridgehead atoms. The first-order chi connectivity index (χ1) is 16.4. The number of aryl methyl sites for hydroxylation is 1. The molecule has 8 nitrogen and oxygen atoms in total. The summed E-state index contributed by atoms with van der Waals surface area (Å²) >= 11 is 12.5. The molecule has 2 N–H and O–H groups in total. The number of hydrogen-bond donors (Lipinski definition) is 2. The van der Waals surface area contributed by atoms with Crippen molar-refractivity contribution in [1.82, 2.24) is 15.3 Å². The van der Waals surface area contributed by atoms with Crippen molar-refractivity contribution in [3.8, 4) is 5.88 Å². The minimum Gasteiger partial charge on any atom is -0.455 e. The topological polar surface area (TPSA) is 82.6 Å². The van der Waals surface area contributed by atoms with Gasteiger partial charge in [0, 0.05) is 43.2 Å². The monoisotopic (exact) mass is 498 g/mol. The van der Waals surface area contributed by atoms with Crippen LogP contribution in [0.1, 0.15) is 22.8 Å². The number of para-hydroxylation sites is 1. The highest BCUT2D eigenvalue weighted by Crippen LogP contribution is 2.37. The quantitative estimate of drug-likeness (QED) is 0.542. The van der Waals surface area contributed by atoms with Gasteiger partial charge in [-0.1, -0.05) is 29.3 Å². The standard InChI is InChI=1S/C24H24Cl2N6O2/c1-14-10-16(6-7-20(14)31-9-8-27-11-15(31)2)29-24-28-12-17-22(30-24)34-13-32(23(17)33)21-18(25)4-3-5-19(21)26/h3-7,10,12,15,27H,8-9,11,13H2,1-2H3,(H,28,29,30)/t15-/m0/s1. The zero-order valence-corrected chi connectivity index (χ0v) is 20.3. The summed E-state index contributed by atoms with van der Waals surface area (Å²) in [4.78, 5) is 25.6. The second kappa shape index (κ2) is 9.29. The largest absolute Gasteiger partial charge is 0.455 e. The van der Waals surface area contributed by atoms with Crippen molar-refractivity contribution in [3.63, 3.8) is 0 Å². The van der Waals surface area contributed by atoms with Crippen LogP contribution in [0, 0.1) is 6.92 Å². The Bertz CT molecular complexity index is 1230. The minimum absolute atomic E-state index is 0.0532. The number of carbonyl (C=O) groups excluding carboxylic acids is 1. The first-order valence-electron chi connectivity index (χ1n) is 11.0. The van der Waals surface area contributed by atoms with E-state index in [4.69, 9.17) is 27.9 Å². The van der Waals surface area contributed by atoms with E-state index in [0.29, 0.717) is 27.7 Å². The number of ether oxygens (including phenoxy) is 1. The fraction of sp³-hybridized carbons (Fsp3) is 0.292. The van der Waals surface area contributed by atoms with Gasteiger partial charge in [0.05, 0.1) is 15.7 Å². The molecule has 3 aromatic rings. The lowest BCUT2D eigenvalue weighted by molar-refractivity contribution is 0.0932. The highest BCUT2D eigenvalue weighted by atomic mass is 35.5. The zero-order valence-electron chi connectivity index (χ0n) is 18.8. The zero-order chi connectivity index (χ0) is 23.8. The normalized spacial score (nSPS) is 17.9. The van der Waals surface area contributed by atoms with Crippen molar-refractivity contribution in [2.24, 2.45) is 0 Å². The Morgan fingerprint density at radius 3 is 2.74 bits per heavy atom. The summed E-state index contributed by atoms with van der Waals surface area (Å²) in [6, 6.07) is 11.7. The number of rotatable bonds is 4. The van der Waals surface area contributed by atoms with Crippen molar-refractivity contribution >= 4 is 52.1 Å². The number of carbonyl (C=O) groups is 1. The van der Waals surface area contributed by atoms with Crippen molar-refractivity contribution in [2.75, 3.05) is 41.5 Å². The van der Waals surface area contributed by atoms with Gasteiger partial charge in [0.15, 0.2) is 6.73 Å². The lowest BCUT2D eigenvalue weighted by Gasteiger charge is -2.37. The van der Waals surface area contributed by atoms with Gasteiger partial charge in [-0.05, 0) is 49.7 Å². The van der Waals surface area contributed by atoms with E-state index in [-0.39, 0.29) is 24.1 Å².